The highest BCUT2D eigenvalue weighted by Gasteiger charge is 2.31. The van der Waals surface area contributed by atoms with Gasteiger partial charge in [0.25, 0.3) is 0 Å². The topological polar surface area (TPSA) is 79.9 Å². The van der Waals surface area contributed by atoms with Gasteiger partial charge in [0.1, 0.15) is 5.02 Å². The molecule has 0 unspecified atom stereocenters. The third-order valence-corrected chi connectivity index (χ3v) is 5.35. The summed E-state index contributed by atoms with van der Waals surface area (Å²) in [5.74, 6) is 0.435. The monoisotopic (exact) mass is 576 g/mol. The maximum atomic E-state index is 12.6. The second kappa shape index (κ2) is 11.2. The molecule has 0 radical (unpaired) electrons. The van der Waals surface area contributed by atoms with Gasteiger partial charge in [-0.25, -0.2) is 9.97 Å². The number of halogens is 5. The molecule has 0 saturated carbocycles. The van der Waals surface area contributed by atoms with Gasteiger partial charge in [-0.3, -0.25) is 4.99 Å². The Kier molecular flexibility index (Phi) is 9.22. The second-order valence-corrected chi connectivity index (χ2v) is 7.52. The Bertz CT molecular complexity index is 831. The van der Waals surface area contributed by atoms with E-state index in [0.29, 0.717) is 25.1 Å². The Morgan fingerprint density at radius 1 is 1.27 bits per heavy atom. The number of rotatable bonds is 6. The Labute approximate surface area is 198 Å². The second-order valence-electron chi connectivity index (χ2n) is 6.24. The van der Waals surface area contributed by atoms with E-state index in [9.17, 15) is 13.2 Å². The maximum Gasteiger partial charge on any atom is 0.417 e. The summed E-state index contributed by atoms with van der Waals surface area (Å²) in [6, 6.07) is 0.797. The van der Waals surface area contributed by atoms with E-state index in [-0.39, 0.29) is 41.5 Å². The van der Waals surface area contributed by atoms with Crippen LogP contribution in [0.3, 0.4) is 0 Å². The van der Waals surface area contributed by atoms with Crippen LogP contribution in [-0.2, 0) is 6.18 Å². The van der Waals surface area contributed by atoms with Gasteiger partial charge in [-0.1, -0.05) is 11.6 Å². The van der Waals surface area contributed by atoms with Gasteiger partial charge in [-0.2, -0.15) is 13.2 Å². The van der Waals surface area contributed by atoms with Crippen molar-refractivity contribution in [2.75, 3.05) is 44.2 Å². The average Bonchev–Trinajstić information content (AvgIpc) is 3.23. The van der Waals surface area contributed by atoms with E-state index in [0.717, 1.165) is 37.4 Å². The molecule has 0 aliphatic carbocycles. The average molecular weight is 577 g/mol. The number of aromatic nitrogens is 2. The molecule has 2 N–H and O–H groups in total. The molecule has 0 atom stereocenters. The molecule has 13 heteroatoms. The van der Waals surface area contributed by atoms with Gasteiger partial charge >= 0.3 is 6.18 Å². The number of nitrogens with two attached hydrogens (primary N) is 1. The molecule has 166 valence electrons. The molecule has 1 aliphatic heterocycles. The lowest BCUT2D eigenvalue weighted by atomic mass is 10.3. The standard InChI is InChI=1S/C17H20ClF3N6OS.HI/c18-13-10-12(17(19,20)21)11-25-14(13)28-8-1-2-23-15(22)26-4-6-27(7-5-26)16-24-3-9-29-16;/h3,9-11H,1-2,4-8H2,(H2,22,23);1H. The minimum absolute atomic E-state index is 0. The first-order valence-electron chi connectivity index (χ1n) is 8.89. The number of nitrogens with zero attached hydrogens (tertiary/aromatic N) is 5. The van der Waals surface area contributed by atoms with Crippen molar-refractivity contribution in [2.24, 2.45) is 10.7 Å². The Morgan fingerprint density at radius 2 is 2.00 bits per heavy atom. The molecule has 2 aromatic heterocycles. The SMILES string of the molecule is I.NC(=NCCCOc1ncc(C(F)(F)F)cc1Cl)N1CCN(c2nccs2)CC1. The molecular weight excluding hydrogens is 556 g/mol. The smallest absolute Gasteiger partial charge is 0.417 e. The number of aliphatic imine (C=N–C) groups is 1. The first-order valence-corrected chi connectivity index (χ1v) is 10.1. The largest absolute Gasteiger partial charge is 0.477 e. The van der Waals surface area contributed by atoms with Crippen molar-refractivity contribution < 1.29 is 17.9 Å². The van der Waals surface area contributed by atoms with Gasteiger partial charge < -0.3 is 20.3 Å². The van der Waals surface area contributed by atoms with Crippen molar-refractivity contribution in [3.8, 4) is 5.88 Å². The van der Waals surface area contributed by atoms with E-state index in [1.165, 1.54) is 0 Å². The zero-order valence-electron chi connectivity index (χ0n) is 15.8. The number of alkyl halides is 3. The quantitative estimate of drug-likeness (QED) is 0.244. The predicted molar refractivity (Wildman–Crippen MR) is 122 cm³/mol. The Morgan fingerprint density at radius 3 is 2.60 bits per heavy atom. The molecule has 0 spiro atoms. The summed E-state index contributed by atoms with van der Waals surface area (Å²) in [4.78, 5) is 16.5. The van der Waals surface area contributed by atoms with Crippen LogP contribution in [0.1, 0.15) is 12.0 Å². The summed E-state index contributed by atoms with van der Waals surface area (Å²) in [6.45, 7) is 3.81. The highest BCUT2D eigenvalue weighted by molar-refractivity contribution is 14.0. The highest BCUT2D eigenvalue weighted by Crippen LogP contribution is 2.33. The molecule has 30 heavy (non-hydrogen) atoms. The first kappa shape index (κ1) is 24.7. The summed E-state index contributed by atoms with van der Waals surface area (Å²) < 4.78 is 43.1. The van der Waals surface area contributed by atoms with Gasteiger partial charge in [0, 0.05) is 56.9 Å². The van der Waals surface area contributed by atoms with Gasteiger partial charge in [-0.05, 0) is 6.07 Å². The van der Waals surface area contributed by atoms with Crippen LogP contribution in [0.25, 0.3) is 0 Å². The highest BCUT2D eigenvalue weighted by atomic mass is 127. The van der Waals surface area contributed by atoms with Crippen LogP contribution in [0.2, 0.25) is 5.02 Å². The van der Waals surface area contributed by atoms with Crippen molar-refractivity contribution in [2.45, 2.75) is 12.6 Å². The van der Waals surface area contributed by atoms with Crippen molar-refractivity contribution in [3.05, 3.63) is 34.4 Å². The van der Waals surface area contributed by atoms with Crippen molar-refractivity contribution in [1.82, 2.24) is 14.9 Å². The Hall–Kier alpha value is -1.54. The van der Waals surface area contributed by atoms with Crippen molar-refractivity contribution in [1.29, 1.82) is 0 Å². The molecule has 0 aromatic carbocycles. The molecule has 7 nitrogen and oxygen atoms in total. The van der Waals surface area contributed by atoms with E-state index in [4.69, 9.17) is 22.1 Å². The van der Waals surface area contributed by atoms with Crippen LogP contribution in [0.5, 0.6) is 5.88 Å². The van der Waals surface area contributed by atoms with Gasteiger partial charge in [0.2, 0.25) is 5.88 Å². The first-order chi connectivity index (χ1) is 13.8. The van der Waals surface area contributed by atoms with E-state index >= 15 is 0 Å². The maximum absolute atomic E-state index is 12.6. The van der Waals surface area contributed by atoms with Crippen LogP contribution in [0, 0.1) is 0 Å². The van der Waals surface area contributed by atoms with Crippen molar-refractivity contribution in [3.63, 3.8) is 0 Å². The number of guanidine groups is 1. The van der Waals surface area contributed by atoms with E-state index in [1.807, 2.05) is 10.3 Å². The third-order valence-electron chi connectivity index (χ3n) is 4.24. The van der Waals surface area contributed by atoms with Crippen molar-refractivity contribution >= 4 is 58.0 Å². The molecule has 1 fully saturated rings. The van der Waals surface area contributed by atoms with E-state index < -0.39 is 11.7 Å². The minimum Gasteiger partial charge on any atom is -0.477 e. The fourth-order valence-electron chi connectivity index (χ4n) is 2.71. The number of piperazine rings is 1. The fourth-order valence-corrected chi connectivity index (χ4v) is 3.63. The molecule has 3 heterocycles. The lowest BCUT2D eigenvalue weighted by Crippen LogP contribution is -2.51. The lowest BCUT2D eigenvalue weighted by Gasteiger charge is -2.35. The fraction of sp³-hybridized carbons (Fsp3) is 0.471. The van der Waals surface area contributed by atoms with Crippen LogP contribution < -0.4 is 15.4 Å². The number of pyridine rings is 1. The Balaban J connectivity index is 0.00000320. The summed E-state index contributed by atoms with van der Waals surface area (Å²) >= 11 is 7.41. The lowest BCUT2D eigenvalue weighted by molar-refractivity contribution is -0.137. The number of thiazole rings is 1. The summed E-state index contributed by atoms with van der Waals surface area (Å²) in [5, 5.41) is 2.78. The molecule has 0 bridgehead atoms. The zero-order valence-corrected chi connectivity index (χ0v) is 19.7. The van der Waals surface area contributed by atoms with Gasteiger partial charge in [0.05, 0.1) is 12.2 Å². The van der Waals surface area contributed by atoms with Gasteiger partial charge in [0.15, 0.2) is 11.1 Å². The number of hydrogen-bond donors (Lipinski definition) is 1. The van der Waals surface area contributed by atoms with E-state index in [2.05, 4.69) is 19.9 Å². The van der Waals surface area contributed by atoms with Gasteiger partial charge in [-0.15, -0.1) is 35.3 Å². The molecule has 1 saturated heterocycles. The summed E-state index contributed by atoms with van der Waals surface area (Å²) in [6.07, 6.45) is -1.48. The zero-order chi connectivity index (χ0) is 20.9. The summed E-state index contributed by atoms with van der Waals surface area (Å²) in [7, 11) is 0. The van der Waals surface area contributed by atoms with Crippen LogP contribution in [0.4, 0.5) is 18.3 Å². The van der Waals surface area contributed by atoms with E-state index in [1.54, 1.807) is 17.5 Å². The molecule has 2 aromatic rings. The third kappa shape index (κ3) is 6.74. The van der Waals surface area contributed by atoms with Crippen LogP contribution in [0.15, 0.2) is 28.8 Å². The predicted octanol–water partition coefficient (Wildman–Crippen LogP) is 3.73. The number of anilines is 1. The normalized spacial score (nSPS) is 15.1. The number of hydrogen-bond acceptors (Lipinski definition) is 6. The van der Waals surface area contributed by atoms with Crippen LogP contribution in [-0.4, -0.2) is 60.2 Å². The molecule has 0 amide bonds. The number of ether oxygens (including phenoxy) is 1. The van der Waals surface area contributed by atoms with Crippen LogP contribution >= 0.6 is 46.9 Å². The summed E-state index contributed by atoms with van der Waals surface area (Å²) in [5.41, 5.74) is 5.14. The molecule has 1 aliphatic rings. The minimum atomic E-state index is -4.49. The molecular formula is C17H21ClF3IN6OS. The molecule has 3 rings (SSSR count).